The van der Waals surface area contributed by atoms with Gasteiger partial charge in [-0.15, -0.1) is 11.3 Å². The van der Waals surface area contributed by atoms with E-state index in [4.69, 9.17) is 16.3 Å². The van der Waals surface area contributed by atoms with Crippen molar-refractivity contribution in [2.45, 2.75) is 6.61 Å². The van der Waals surface area contributed by atoms with Gasteiger partial charge in [-0.25, -0.2) is 9.18 Å². The number of hydrogen-bond acceptors (Lipinski definition) is 4. The fourth-order valence-electron chi connectivity index (χ4n) is 2.22. The first kappa shape index (κ1) is 18.1. The average Bonchev–Trinajstić information content (AvgIpc) is 3.16. The standard InChI is InChI=1S/C19H13ClFNO3S/c20-15-6-2-7-16(21)14(15)11-25-19(24)12-4-1-5-13(10-12)22-18(23)17-8-3-9-26-17/h1-10H,11H2,(H,22,23). The smallest absolute Gasteiger partial charge is 0.338 e. The molecule has 2 aromatic carbocycles. The van der Waals surface area contributed by atoms with Crippen LogP contribution in [0.2, 0.25) is 5.02 Å². The zero-order valence-corrected chi connectivity index (χ0v) is 14.9. The number of thiophene rings is 1. The van der Waals surface area contributed by atoms with Crippen LogP contribution >= 0.6 is 22.9 Å². The molecule has 0 saturated heterocycles. The molecule has 3 aromatic rings. The Hall–Kier alpha value is -2.70. The van der Waals surface area contributed by atoms with Crippen molar-refractivity contribution in [3.63, 3.8) is 0 Å². The Labute approximate surface area is 158 Å². The van der Waals surface area contributed by atoms with Gasteiger partial charge >= 0.3 is 5.97 Å². The Balaban J connectivity index is 1.67. The average molecular weight is 390 g/mol. The predicted molar refractivity (Wildman–Crippen MR) is 99.2 cm³/mol. The largest absolute Gasteiger partial charge is 0.457 e. The summed E-state index contributed by atoms with van der Waals surface area (Å²) in [5.41, 5.74) is 0.813. The number of benzene rings is 2. The highest BCUT2D eigenvalue weighted by atomic mass is 35.5. The molecule has 4 nitrogen and oxygen atoms in total. The maximum absolute atomic E-state index is 13.7. The van der Waals surface area contributed by atoms with Gasteiger partial charge < -0.3 is 10.1 Å². The van der Waals surface area contributed by atoms with Crippen molar-refractivity contribution in [3.8, 4) is 0 Å². The van der Waals surface area contributed by atoms with Crippen LogP contribution in [0.15, 0.2) is 60.0 Å². The summed E-state index contributed by atoms with van der Waals surface area (Å²) in [6.45, 7) is -0.282. The van der Waals surface area contributed by atoms with Crippen LogP contribution in [0, 0.1) is 5.82 Å². The Morgan fingerprint density at radius 1 is 1.12 bits per heavy atom. The van der Waals surface area contributed by atoms with Gasteiger partial charge in [0.2, 0.25) is 0 Å². The molecule has 0 bridgehead atoms. The number of amides is 1. The number of anilines is 1. The van der Waals surface area contributed by atoms with E-state index in [9.17, 15) is 14.0 Å². The molecule has 0 radical (unpaired) electrons. The molecule has 0 saturated carbocycles. The van der Waals surface area contributed by atoms with E-state index in [1.807, 2.05) is 0 Å². The van der Waals surface area contributed by atoms with Gasteiger partial charge in [0.1, 0.15) is 12.4 Å². The van der Waals surface area contributed by atoms with Crippen LogP contribution < -0.4 is 5.32 Å². The number of nitrogens with one attached hydrogen (secondary N) is 1. The van der Waals surface area contributed by atoms with Crippen LogP contribution in [0.3, 0.4) is 0 Å². The minimum Gasteiger partial charge on any atom is -0.457 e. The summed E-state index contributed by atoms with van der Waals surface area (Å²) in [5.74, 6) is -1.44. The molecule has 1 amide bonds. The van der Waals surface area contributed by atoms with Crippen molar-refractivity contribution in [1.82, 2.24) is 0 Å². The normalized spacial score (nSPS) is 10.4. The molecule has 132 valence electrons. The van der Waals surface area contributed by atoms with Crippen LogP contribution in [-0.2, 0) is 11.3 Å². The molecule has 0 aliphatic rings. The van der Waals surface area contributed by atoms with Crippen molar-refractivity contribution in [2.24, 2.45) is 0 Å². The van der Waals surface area contributed by atoms with Crippen molar-refractivity contribution in [3.05, 3.63) is 86.8 Å². The van der Waals surface area contributed by atoms with E-state index < -0.39 is 11.8 Å². The molecule has 0 aliphatic carbocycles. The van der Waals surface area contributed by atoms with E-state index in [0.29, 0.717) is 10.6 Å². The first-order valence-corrected chi connectivity index (χ1v) is 8.85. The third-order valence-electron chi connectivity index (χ3n) is 3.51. The summed E-state index contributed by atoms with van der Waals surface area (Å²) in [7, 11) is 0. The highest BCUT2D eigenvalue weighted by Gasteiger charge is 2.13. The van der Waals surface area contributed by atoms with E-state index in [-0.39, 0.29) is 28.7 Å². The molecule has 0 aliphatic heterocycles. The van der Waals surface area contributed by atoms with E-state index >= 15 is 0 Å². The lowest BCUT2D eigenvalue weighted by atomic mass is 10.2. The zero-order valence-electron chi connectivity index (χ0n) is 13.4. The van der Waals surface area contributed by atoms with Gasteiger partial charge in [-0.1, -0.05) is 29.8 Å². The molecule has 0 atom stereocenters. The molecule has 0 spiro atoms. The fourth-order valence-corrected chi connectivity index (χ4v) is 3.05. The van der Waals surface area contributed by atoms with Crippen molar-refractivity contribution in [1.29, 1.82) is 0 Å². The highest BCUT2D eigenvalue weighted by Crippen LogP contribution is 2.21. The van der Waals surface area contributed by atoms with Crippen molar-refractivity contribution < 1.29 is 18.7 Å². The summed E-state index contributed by atoms with van der Waals surface area (Å²) in [6.07, 6.45) is 0. The van der Waals surface area contributed by atoms with E-state index in [2.05, 4.69) is 5.32 Å². The Bertz CT molecular complexity index is 923. The number of ether oxygens (including phenoxy) is 1. The molecule has 1 heterocycles. The van der Waals surface area contributed by atoms with Crippen LogP contribution in [0.1, 0.15) is 25.6 Å². The molecule has 1 N–H and O–H groups in total. The molecule has 26 heavy (non-hydrogen) atoms. The van der Waals surface area contributed by atoms with Crippen LogP contribution in [0.4, 0.5) is 10.1 Å². The Morgan fingerprint density at radius 3 is 2.65 bits per heavy atom. The lowest BCUT2D eigenvalue weighted by Crippen LogP contribution is -2.11. The molecule has 0 unspecified atom stereocenters. The minimum atomic E-state index is -0.642. The summed E-state index contributed by atoms with van der Waals surface area (Å²) in [4.78, 5) is 24.8. The Kier molecular flexibility index (Phi) is 5.65. The maximum Gasteiger partial charge on any atom is 0.338 e. The molecular weight excluding hydrogens is 377 g/mol. The molecule has 1 aromatic heterocycles. The van der Waals surface area contributed by atoms with E-state index in [1.165, 1.54) is 35.6 Å². The molecular formula is C19H13ClFNO3S. The Morgan fingerprint density at radius 2 is 1.92 bits per heavy atom. The van der Waals surface area contributed by atoms with Crippen LogP contribution in [0.25, 0.3) is 0 Å². The van der Waals surface area contributed by atoms with E-state index in [1.54, 1.807) is 35.7 Å². The second-order valence-electron chi connectivity index (χ2n) is 5.29. The van der Waals surface area contributed by atoms with Gasteiger partial charge in [0.15, 0.2) is 0 Å². The number of hydrogen-bond donors (Lipinski definition) is 1. The predicted octanol–water partition coefficient (Wildman–Crippen LogP) is 5.15. The number of halogens is 2. The lowest BCUT2D eigenvalue weighted by Gasteiger charge is -2.09. The van der Waals surface area contributed by atoms with Crippen LogP contribution in [0.5, 0.6) is 0 Å². The maximum atomic E-state index is 13.7. The summed E-state index contributed by atoms with van der Waals surface area (Å²) in [5, 5.41) is 4.71. The fraction of sp³-hybridized carbons (Fsp3) is 0.0526. The number of rotatable bonds is 5. The monoisotopic (exact) mass is 389 g/mol. The number of carbonyl (C=O) groups is 2. The molecule has 0 fully saturated rings. The second kappa shape index (κ2) is 8.12. The zero-order chi connectivity index (χ0) is 18.5. The first-order valence-electron chi connectivity index (χ1n) is 7.59. The minimum absolute atomic E-state index is 0.115. The third-order valence-corrected chi connectivity index (χ3v) is 4.73. The number of carbonyl (C=O) groups excluding carboxylic acids is 2. The quantitative estimate of drug-likeness (QED) is 0.614. The van der Waals surface area contributed by atoms with Gasteiger partial charge in [0, 0.05) is 11.3 Å². The van der Waals surface area contributed by atoms with Gasteiger partial charge in [-0.3, -0.25) is 4.79 Å². The molecule has 3 rings (SSSR count). The lowest BCUT2D eigenvalue weighted by molar-refractivity contribution is 0.0469. The van der Waals surface area contributed by atoms with Crippen LogP contribution in [-0.4, -0.2) is 11.9 Å². The van der Waals surface area contributed by atoms with Gasteiger partial charge in [-0.2, -0.15) is 0 Å². The molecule has 7 heteroatoms. The summed E-state index contributed by atoms with van der Waals surface area (Å²) >= 11 is 7.23. The third kappa shape index (κ3) is 4.28. The van der Waals surface area contributed by atoms with Gasteiger partial charge in [0.05, 0.1) is 15.5 Å². The topological polar surface area (TPSA) is 55.4 Å². The number of esters is 1. The SMILES string of the molecule is O=C(OCc1c(F)cccc1Cl)c1cccc(NC(=O)c2cccs2)c1. The summed E-state index contributed by atoms with van der Waals surface area (Å²) in [6, 6.07) is 14.1. The second-order valence-corrected chi connectivity index (χ2v) is 6.64. The summed E-state index contributed by atoms with van der Waals surface area (Å²) < 4.78 is 18.9. The van der Waals surface area contributed by atoms with Gasteiger partial charge in [-0.05, 0) is 41.8 Å². The highest BCUT2D eigenvalue weighted by molar-refractivity contribution is 7.12. The van der Waals surface area contributed by atoms with Crippen molar-refractivity contribution in [2.75, 3.05) is 5.32 Å². The first-order chi connectivity index (χ1) is 12.5. The van der Waals surface area contributed by atoms with Crippen molar-refractivity contribution >= 4 is 40.5 Å². The van der Waals surface area contributed by atoms with E-state index in [0.717, 1.165) is 0 Å². The van der Waals surface area contributed by atoms with Gasteiger partial charge in [0.25, 0.3) is 5.91 Å².